The van der Waals surface area contributed by atoms with Crippen molar-refractivity contribution in [1.29, 1.82) is 5.26 Å². The van der Waals surface area contributed by atoms with E-state index in [2.05, 4.69) is 6.07 Å². The first-order valence-electron chi connectivity index (χ1n) is 6.25. The molecule has 0 aliphatic heterocycles. The number of hydrogen-bond acceptors (Lipinski definition) is 3. The molecule has 2 aromatic carbocycles. The van der Waals surface area contributed by atoms with Gasteiger partial charge in [0.25, 0.3) is 0 Å². The summed E-state index contributed by atoms with van der Waals surface area (Å²) in [6, 6.07) is 11.3. The fourth-order valence-electron chi connectivity index (χ4n) is 1.95. The number of aryl methyl sites for hydroxylation is 1. The van der Waals surface area contributed by atoms with Gasteiger partial charge in [-0.25, -0.2) is 4.39 Å². The fourth-order valence-corrected chi connectivity index (χ4v) is 1.95. The number of nitriles is 1. The Balaban J connectivity index is 2.45. The Hall–Kier alpha value is -2.38. The van der Waals surface area contributed by atoms with Crippen molar-refractivity contribution in [2.45, 2.75) is 19.9 Å². The molecule has 0 heterocycles. The Morgan fingerprint density at radius 2 is 2.00 bits per heavy atom. The number of hydrogen-bond donors (Lipinski definition) is 1. The second-order valence-corrected chi connectivity index (χ2v) is 4.63. The van der Waals surface area contributed by atoms with Gasteiger partial charge in [-0.1, -0.05) is 12.1 Å². The Morgan fingerprint density at radius 1 is 1.25 bits per heavy atom. The van der Waals surface area contributed by atoms with Crippen LogP contribution in [0.25, 0.3) is 0 Å². The zero-order valence-corrected chi connectivity index (χ0v) is 11.4. The van der Waals surface area contributed by atoms with E-state index < -0.39 is 11.9 Å². The molecular formula is C16H15FN2O. The highest BCUT2D eigenvalue weighted by molar-refractivity contribution is 5.46. The van der Waals surface area contributed by atoms with Crippen LogP contribution in [0.15, 0.2) is 36.4 Å². The van der Waals surface area contributed by atoms with Crippen molar-refractivity contribution in [2.24, 2.45) is 5.73 Å². The quantitative estimate of drug-likeness (QED) is 0.922. The normalized spacial score (nSPS) is 11.8. The molecule has 0 aliphatic carbocycles. The third-order valence-corrected chi connectivity index (χ3v) is 3.01. The molecular weight excluding hydrogens is 255 g/mol. The maximum Gasteiger partial charge on any atom is 0.135 e. The molecule has 2 rings (SSSR count). The predicted molar refractivity (Wildman–Crippen MR) is 75.0 cm³/mol. The molecule has 0 unspecified atom stereocenters. The molecule has 0 saturated heterocycles. The average molecular weight is 270 g/mol. The SMILES string of the molecule is Cc1ccc(C#N)cc1Oc1cccc(F)c1[C@@H](C)N. The molecule has 0 aliphatic rings. The van der Waals surface area contributed by atoms with E-state index in [1.807, 2.05) is 6.92 Å². The first-order valence-corrected chi connectivity index (χ1v) is 6.25. The van der Waals surface area contributed by atoms with Crippen molar-refractivity contribution in [2.75, 3.05) is 0 Å². The van der Waals surface area contributed by atoms with Crippen LogP contribution in [-0.4, -0.2) is 0 Å². The van der Waals surface area contributed by atoms with Crippen molar-refractivity contribution in [3.63, 3.8) is 0 Å². The second-order valence-electron chi connectivity index (χ2n) is 4.63. The number of nitrogens with zero attached hydrogens (tertiary/aromatic N) is 1. The summed E-state index contributed by atoms with van der Waals surface area (Å²) in [5, 5.41) is 8.92. The van der Waals surface area contributed by atoms with Crippen LogP contribution in [0.2, 0.25) is 0 Å². The molecule has 20 heavy (non-hydrogen) atoms. The molecule has 2 N–H and O–H groups in total. The summed E-state index contributed by atoms with van der Waals surface area (Å²) < 4.78 is 19.6. The van der Waals surface area contributed by atoms with Crippen LogP contribution in [0.5, 0.6) is 11.5 Å². The Labute approximate surface area is 117 Å². The highest BCUT2D eigenvalue weighted by Gasteiger charge is 2.15. The van der Waals surface area contributed by atoms with E-state index in [9.17, 15) is 4.39 Å². The minimum Gasteiger partial charge on any atom is -0.457 e. The zero-order chi connectivity index (χ0) is 14.7. The maximum atomic E-state index is 13.8. The first-order chi connectivity index (χ1) is 9.52. The molecule has 4 heteroatoms. The standard InChI is InChI=1S/C16H15FN2O/c1-10-6-7-12(9-18)8-15(10)20-14-5-3-4-13(17)16(14)11(2)19/h3-8,11H,19H2,1-2H3/t11-/m1/s1. The van der Waals surface area contributed by atoms with Gasteiger partial charge < -0.3 is 10.5 Å². The third kappa shape index (κ3) is 2.79. The summed E-state index contributed by atoms with van der Waals surface area (Å²) in [6.45, 7) is 3.56. The molecule has 0 fully saturated rings. The summed E-state index contributed by atoms with van der Waals surface area (Å²) in [6.07, 6.45) is 0. The molecule has 0 spiro atoms. The van der Waals surface area contributed by atoms with Crippen molar-refractivity contribution < 1.29 is 9.13 Å². The van der Waals surface area contributed by atoms with Crippen LogP contribution < -0.4 is 10.5 Å². The Morgan fingerprint density at radius 3 is 2.65 bits per heavy atom. The highest BCUT2D eigenvalue weighted by atomic mass is 19.1. The molecule has 2 aromatic rings. The summed E-state index contributed by atoms with van der Waals surface area (Å²) >= 11 is 0. The van der Waals surface area contributed by atoms with E-state index in [0.29, 0.717) is 22.6 Å². The van der Waals surface area contributed by atoms with Gasteiger partial charge in [0, 0.05) is 11.6 Å². The minimum absolute atomic E-state index is 0.328. The fraction of sp³-hybridized carbons (Fsp3) is 0.188. The monoisotopic (exact) mass is 270 g/mol. The minimum atomic E-state index is -0.481. The van der Waals surface area contributed by atoms with E-state index in [1.54, 1.807) is 37.3 Å². The summed E-state index contributed by atoms with van der Waals surface area (Å²) in [5.74, 6) is 0.501. The van der Waals surface area contributed by atoms with Crippen LogP contribution in [0, 0.1) is 24.1 Å². The lowest BCUT2D eigenvalue weighted by atomic mass is 10.1. The molecule has 0 aromatic heterocycles. The smallest absolute Gasteiger partial charge is 0.135 e. The van der Waals surface area contributed by atoms with Crippen LogP contribution >= 0.6 is 0 Å². The molecule has 3 nitrogen and oxygen atoms in total. The number of rotatable bonds is 3. The van der Waals surface area contributed by atoms with Crippen molar-refractivity contribution >= 4 is 0 Å². The molecule has 102 valence electrons. The van der Waals surface area contributed by atoms with E-state index in [1.165, 1.54) is 6.07 Å². The number of benzene rings is 2. The largest absolute Gasteiger partial charge is 0.457 e. The van der Waals surface area contributed by atoms with Gasteiger partial charge in [-0.3, -0.25) is 0 Å². The summed E-state index contributed by atoms with van der Waals surface area (Å²) in [4.78, 5) is 0. The van der Waals surface area contributed by atoms with Crippen LogP contribution in [0.4, 0.5) is 4.39 Å². The van der Waals surface area contributed by atoms with Gasteiger partial charge in [-0.2, -0.15) is 5.26 Å². The van der Waals surface area contributed by atoms with Gasteiger partial charge >= 0.3 is 0 Å². The molecule has 0 saturated carbocycles. The number of nitrogens with two attached hydrogens (primary N) is 1. The van der Waals surface area contributed by atoms with E-state index in [0.717, 1.165) is 5.56 Å². The molecule has 0 radical (unpaired) electrons. The Bertz CT molecular complexity index is 675. The van der Waals surface area contributed by atoms with Gasteiger partial charge in [-0.15, -0.1) is 0 Å². The van der Waals surface area contributed by atoms with Gasteiger partial charge in [0.05, 0.1) is 11.6 Å². The maximum absolute atomic E-state index is 13.8. The van der Waals surface area contributed by atoms with Gasteiger partial charge in [-0.05, 0) is 43.7 Å². The van der Waals surface area contributed by atoms with Crippen LogP contribution in [0.3, 0.4) is 0 Å². The van der Waals surface area contributed by atoms with E-state index >= 15 is 0 Å². The van der Waals surface area contributed by atoms with Crippen molar-refractivity contribution in [3.05, 3.63) is 58.9 Å². The lowest BCUT2D eigenvalue weighted by molar-refractivity contribution is 0.457. The Kier molecular flexibility index (Phi) is 4.02. The van der Waals surface area contributed by atoms with Crippen molar-refractivity contribution in [3.8, 4) is 17.6 Å². The molecule has 0 bridgehead atoms. The first kappa shape index (κ1) is 14.0. The summed E-state index contributed by atoms with van der Waals surface area (Å²) in [7, 11) is 0. The summed E-state index contributed by atoms with van der Waals surface area (Å²) in [5.41, 5.74) is 7.47. The topological polar surface area (TPSA) is 59.0 Å². The van der Waals surface area contributed by atoms with E-state index in [-0.39, 0.29) is 0 Å². The predicted octanol–water partition coefficient (Wildman–Crippen LogP) is 3.82. The van der Waals surface area contributed by atoms with Crippen molar-refractivity contribution in [1.82, 2.24) is 0 Å². The highest BCUT2D eigenvalue weighted by Crippen LogP contribution is 2.32. The average Bonchev–Trinajstić information content (AvgIpc) is 2.41. The van der Waals surface area contributed by atoms with Crippen LogP contribution in [-0.2, 0) is 0 Å². The van der Waals surface area contributed by atoms with Gasteiger partial charge in [0.2, 0.25) is 0 Å². The lowest BCUT2D eigenvalue weighted by Gasteiger charge is -2.15. The lowest BCUT2D eigenvalue weighted by Crippen LogP contribution is -2.09. The van der Waals surface area contributed by atoms with Gasteiger partial charge in [0.15, 0.2) is 0 Å². The molecule has 1 atom stereocenters. The third-order valence-electron chi connectivity index (χ3n) is 3.01. The molecule has 0 amide bonds. The number of halogens is 1. The van der Waals surface area contributed by atoms with Gasteiger partial charge in [0.1, 0.15) is 17.3 Å². The zero-order valence-electron chi connectivity index (χ0n) is 11.4. The number of ether oxygens (including phenoxy) is 1. The van der Waals surface area contributed by atoms with Crippen LogP contribution in [0.1, 0.15) is 29.7 Å². The van der Waals surface area contributed by atoms with E-state index in [4.69, 9.17) is 15.7 Å². The second kappa shape index (κ2) is 5.72.